The molecule has 1 N–H and O–H groups in total. The van der Waals surface area contributed by atoms with Crippen LogP contribution in [-0.4, -0.2) is 5.11 Å². The summed E-state index contributed by atoms with van der Waals surface area (Å²) in [5.74, 6) is 0.319. The zero-order valence-electron chi connectivity index (χ0n) is 15.4. The Kier molecular flexibility index (Phi) is 6.88. The van der Waals surface area contributed by atoms with Gasteiger partial charge in [0.1, 0.15) is 28.9 Å². The molecule has 4 aromatic rings. The van der Waals surface area contributed by atoms with E-state index in [-0.39, 0.29) is 24.0 Å². The van der Waals surface area contributed by atoms with Crippen LogP contribution >= 0.6 is 7.26 Å². The van der Waals surface area contributed by atoms with Crippen molar-refractivity contribution in [1.29, 1.82) is 0 Å². The number of phenols is 1. The molecule has 0 saturated carbocycles. The smallest absolute Gasteiger partial charge is 0.116 e. The van der Waals surface area contributed by atoms with Gasteiger partial charge in [0.25, 0.3) is 0 Å². The fourth-order valence-corrected chi connectivity index (χ4v) is 7.93. The average Bonchev–Trinajstić information content (AvgIpc) is 2.74. The normalized spacial score (nSPS) is 10.9. The molecule has 0 radical (unpaired) electrons. The molecule has 0 aliphatic rings. The Labute approximate surface area is 184 Å². The van der Waals surface area contributed by atoms with Gasteiger partial charge in [-0.3, -0.25) is 0 Å². The van der Waals surface area contributed by atoms with Crippen LogP contribution in [-0.2, 0) is 6.16 Å². The molecule has 0 bridgehead atoms. The van der Waals surface area contributed by atoms with Gasteiger partial charge in [0.15, 0.2) is 0 Å². The Bertz CT molecular complexity index is 907. The molecule has 1 nitrogen and oxygen atoms in total. The standard InChI is InChI=1S/C25H21OP.HI/c26-22-12-10-11-21(19-22)20-27(23-13-4-1-5-14-23,24-15-6-2-7-16-24)25-17-8-3-9-18-25;/h1-19H,20H2;1H. The Morgan fingerprint density at radius 2 is 0.964 bits per heavy atom. The van der Waals surface area contributed by atoms with Gasteiger partial charge in [0.2, 0.25) is 0 Å². The lowest BCUT2D eigenvalue weighted by atomic mass is 10.2. The second-order valence-electron chi connectivity index (χ2n) is 6.64. The molecule has 140 valence electrons. The molecule has 0 aromatic heterocycles. The summed E-state index contributed by atoms with van der Waals surface area (Å²) in [6.07, 6.45) is 0.874. The first-order chi connectivity index (χ1) is 13.3. The van der Waals surface area contributed by atoms with Crippen LogP contribution in [0.5, 0.6) is 5.75 Å². The van der Waals surface area contributed by atoms with E-state index in [1.54, 1.807) is 6.07 Å². The summed E-state index contributed by atoms with van der Waals surface area (Å²) in [5, 5.41) is 14.1. The highest BCUT2D eigenvalue weighted by atomic mass is 127. The van der Waals surface area contributed by atoms with Crippen molar-refractivity contribution < 1.29 is 29.1 Å². The van der Waals surface area contributed by atoms with Crippen molar-refractivity contribution in [3.05, 3.63) is 121 Å². The highest BCUT2D eigenvalue weighted by Crippen LogP contribution is 2.58. The van der Waals surface area contributed by atoms with E-state index in [0.717, 1.165) is 11.7 Å². The predicted octanol–water partition coefficient (Wildman–Crippen LogP) is 1.89. The molecule has 0 aliphatic heterocycles. The van der Waals surface area contributed by atoms with Crippen molar-refractivity contribution in [2.45, 2.75) is 6.16 Å². The molecule has 4 rings (SSSR count). The van der Waals surface area contributed by atoms with Crippen LogP contribution in [0.15, 0.2) is 115 Å². The fraction of sp³-hybridized carbons (Fsp3) is 0.0400. The van der Waals surface area contributed by atoms with Gasteiger partial charge in [-0.05, 0) is 54.1 Å². The van der Waals surface area contributed by atoms with Gasteiger partial charge in [-0.15, -0.1) is 0 Å². The molecule has 3 heteroatoms. The highest BCUT2D eigenvalue weighted by Gasteiger charge is 2.45. The third kappa shape index (κ3) is 4.14. The van der Waals surface area contributed by atoms with E-state index in [0.29, 0.717) is 5.75 Å². The zero-order valence-corrected chi connectivity index (χ0v) is 18.5. The SMILES string of the molecule is Oc1cccc(C[P+](c2ccccc2)(c2ccccc2)c2ccccc2)c1.[I-]. The highest BCUT2D eigenvalue weighted by molar-refractivity contribution is 7.95. The first kappa shape index (κ1) is 20.6. The second kappa shape index (κ2) is 9.36. The number of rotatable bonds is 5. The summed E-state index contributed by atoms with van der Waals surface area (Å²) in [6.45, 7) is 0. The lowest BCUT2D eigenvalue weighted by molar-refractivity contribution is -0.00000631. The van der Waals surface area contributed by atoms with Crippen LogP contribution in [0, 0.1) is 0 Å². The summed E-state index contributed by atoms with van der Waals surface area (Å²) in [6, 6.07) is 40.1. The van der Waals surface area contributed by atoms with E-state index >= 15 is 0 Å². The molecule has 0 spiro atoms. The van der Waals surface area contributed by atoms with Crippen LogP contribution in [0.25, 0.3) is 0 Å². The van der Waals surface area contributed by atoms with Crippen molar-refractivity contribution >= 4 is 23.2 Å². The fourth-order valence-electron chi connectivity index (χ4n) is 3.70. The van der Waals surface area contributed by atoms with Crippen molar-refractivity contribution in [3.63, 3.8) is 0 Å². The van der Waals surface area contributed by atoms with E-state index in [4.69, 9.17) is 0 Å². The monoisotopic (exact) mass is 496 g/mol. The Morgan fingerprint density at radius 3 is 1.36 bits per heavy atom. The van der Waals surface area contributed by atoms with Gasteiger partial charge in [-0.2, -0.15) is 0 Å². The largest absolute Gasteiger partial charge is 1.00 e. The van der Waals surface area contributed by atoms with Crippen LogP contribution in [0.4, 0.5) is 0 Å². The maximum Gasteiger partial charge on any atom is 0.116 e. The maximum absolute atomic E-state index is 10.0. The van der Waals surface area contributed by atoms with Crippen molar-refractivity contribution in [2.75, 3.05) is 0 Å². The second-order valence-corrected chi connectivity index (χ2v) is 10.1. The summed E-state index contributed by atoms with van der Waals surface area (Å²) in [4.78, 5) is 0. The first-order valence-corrected chi connectivity index (χ1v) is 11.1. The molecule has 0 aliphatic carbocycles. The van der Waals surface area contributed by atoms with E-state index in [2.05, 4.69) is 97.1 Å². The van der Waals surface area contributed by atoms with Gasteiger partial charge >= 0.3 is 0 Å². The van der Waals surface area contributed by atoms with Crippen molar-refractivity contribution in [3.8, 4) is 5.75 Å². The molecule has 28 heavy (non-hydrogen) atoms. The molecule has 0 unspecified atom stereocenters. The molecule has 4 aromatic carbocycles. The average molecular weight is 496 g/mol. The Hall–Kier alpha value is -2.16. The molecular formula is C25H22IOP. The predicted molar refractivity (Wildman–Crippen MR) is 117 cm³/mol. The molecule has 0 heterocycles. The van der Waals surface area contributed by atoms with Crippen molar-refractivity contribution in [1.82, 2.24) is 0 Å². The molecular weight excluding hydrogens is 474 g/mol. The molecule has 0 saturated heterocycles. The quantitative estimate of drug-likeness (QED) is 0.331. The topological polar surface area (TPSA) is 20.2 Å². The molecule has 0 fully saturated rings. The van der Waals surface area contributed by atoms with Gasteiger partial charge in [0, 0.05) is 0 Å². The minimum Gasteiger partial charge on any atom is -1.00 e. The minimum absolute atomic E-state index is 0. The van der Waals surface area contributed by atoms with Crippen LogP contribution in [0.2, 0.25) is 0 Å². The third-order valence-corrected chi connectivity index (χ3v) is 9.30. The van der Waals surface area contributed by atoms with Gasteiger partial charge in [-0.1, -0.05) is 66.7 Å². The van der Waals surface area contributed by atoms with Crippen LogP contribution in [0.1, 0.15) is 5.56 Å². The number of halogens is 1. The minimum atomic E-state index is -1.91. The number of aromatic hydroxyl groups is 1. The Morgan fingerprint density at radius 1 is 0.536 bits per heavy atom. The van der Waals surface area contributed by atoms with Gasteiger partial charge in [0.05, 0.1) is 6.16 Å². The molecule has 0 amide bonds. The number of hydrogen-bond acceptors (Lipinski definition) is 1. The van der Waals surface area contributed by atoms with E-state index < -0.39 is 7.26 Å². The lowest BCUT2D eigenvalue weighted by Crippen LogP contribution is -3.00. The summed E-state index contributed by atoms with van der Waals surface area (Å²) in [7, 11) is -1.91. The number of benzene rings is 4. The van der Waals surface area contributed by atoms with Gasteiger partial charge in [-0.25, -0.2) is 0 Å². The van der Waals surface area contributed by atoms with E-state index in [1.807, 2.05) is 12.1 Å². The Balaban J connectivity index is 0.00000225. The van der Waals surface area contributed by atoms with Crippen LogP contribution < -0.4 is 39.9 Å². The van der Waals surface area contributed by atoms with E-state index in [1.165, 1.54) is 15.9 Å². The first-order valence-electron chi connectivity index (χ1n) is 9.12. The number of hydrogen-bond donors (Lipinski definition) is 1. The van der Waals surface area contributed by atoms with E-state index in [9.17, 15) is 5.11 Å². The number of phenolic OH excluding ortho intramolecular Hbond substituents is 1. The van der Waals surface area contributed by atoms with Crippen molar-refractivity contribution in [2.24, 2.45) is 0 Å². The third-order valence-electron chi connectivity index (χ3n) is 4.92. The lowest BCUT2D eigenvalue weighted by Gasteiger charge is -2.27. The summed E-state index contributed by atoms with van der Waals surface area (Å²) < 4.78 is 0. The van der Waals surface area contributed by atoms with Crippen LogP contribution in [0.3, 0.4) is 0 Å². The maximum atomic E-state index is 10.0. The zero-order chi connectivity index (χ0) is 18.5. The van der Waals surface area contributed by atoms with Gasteiger partial charge < -0.3 is 29.1 Å². The summed E-state index contributed by atoms with van der Waals surface area (Å²) >= 11 is 0. The molecule has 0 atom stereocenters. The summed E-state index contributed by atoms with van der Waals surface area (Å²) in [5.41, 5.74) is 1.15.